The molecule has 96 valence electrons. The zero-order valence-corrected chi connectivity index (χ0v) is 14.0. The third-order valence-electron chi connectivity index (χ3n) is 2.56. The third-order valence-corrected chi connectivity index (χ3v) is 5.13. The molecule has 0 aliphatic carbocycles. The van der Waals surface area contributed by atoms with Crippen LogP contribution in [0.3, 0.4) is 0 Å². The molecule has 1 aromatic carbocycles. The van der Waals surface area contributed by atoms with Gasteiger partial charge in [-0.05, 0) is 57.0 Å². The fourth-order valence-corrected chi connectivity index (χ4v) is 3.42. The molecule has 0 aliphatic heterocycles. The lowest BCUT2D eigenvalue weighted by Crippen LogP contribution is -2.05. The zero-order valence-electron chi connectivity index (χ0n) is 10.0. The summed E-state index contributed by atoms with van der Waals surface area (Å²) in [5.74, 6) is 0.847. The highest BCUT2D eigenvalue weighted by Gasteiger charge is 2.10. The minimum absolute atomic E-state index is 0.254. The fourth-order valence-electron chi connectivity index (χ4n) is 1.60. The SMILES string of the molecule is COc1ccc(Br)c(NC(C)c2cc(Br)cs2)c1. The number of thiophene rings is 1. The molecule has 0 spiro atoms. The molecular weight excluding hydrogens is 378 g/mol. The fraction of sp³-hybridized carbons (Fsp3) is 0.231. The van der Waals surface area contributed by atoms with E-state index < -0.39 is 0 Å². The van der Waals surface area contributed by atoms with Crippen LogP contribution in [0.2, 0.25) is 0 Å². The van der Waals surface area contributed by atoms with Crippen molar-refractivity contribution in [3.63, 3.8) is 0 Å². The first-order valence-corrected chi connectivity index (χ1v) is 7.90. The van der Waals surface area contributed by atoms with Gasteiger partial charge in [0.05, 0.1) is 18.8 Å². The molecule has 0 radical (unpaired) electrons. The maximum absolute atomic E-state index is 5.24. The summed E-state index contributed by atoms with van der Waals surface area (Å²) in [4.78, 5) is 1.29. The maximum Gasteiger partial charge on any atom is 0.121 e. The lowest BCUT2D eigenvalue weighted by atomic mass is 10.2. The molecule has 18 heavy (non-hydrogen) atoms. The Hall–Kier alpha value is -0.520. The Bertz CT molecular complexity index is 542. The summed E-state index contributed by atoms with van der Waals surface area (Å²) in [5.41, 5.74) is 1.03. The number of hydrogen-bond donors (Lipinski definition) is 1. The Labute approximate surface area is 128 Å². The van der Waals surface area contributed by atoms with Gasteiger partial charge in [0.1, 0.15) is 5.75 Å². The van der Waals surface area contributed by atoms with Crippen molar-refractivity contribution in [1.29, 1.82) is 0 Å². The highest BCUT2D eigenvalue weighted by molar-refractivity contribution is 9.10. The quantitative estimate of drug-likeness (QED) is 0.748. The second-order valence-corrected chi connectivity index (χ2v) is 6.59. The van der Waals surface area contributed by atoms with Gasteiger partial charge < -0.3 is 10.1 Å². The molecule has 2 nitrogen and oxygen atoms in total. The molecule has 1 atom stereocenters. The van der Waals surface area contributed by atoms with E-state index in [9.17, 15) is 0 Å². The highest BCUT2D eigenvalue weighted by Crippen LogP contribution is 2.32. The van der Waals surface area contributed by atoms with E-state index in [4.69, 9.17) is 4.74 Å². The number of rotatable bonds is 4. The Balaban J connectivity index is 2.18. The maximum atomic E-state index is 5.24. The van der Waals surface area contributed by atoms with Gasteiger partial charge >= 0.3 is 0 Å². The number of hydrogen-bond acceptors (Lipinski definition) is 3. The van der Waals surface area contributed by atoms with Crippen molar-refractivity contribution in [1.82, 2.24) is 0 Å². The van der Waals surface area contributed by atoms with Crippen LogP contribution < -0.4 is 10.1 Å². The molecule has 0 amide bonds. The van der Waals surface area contributed by atoms with Gasteiger partial charge in [-0.2, -0.15) is 0 Å². The van der Waals surface area contributed by atoms with Crippen LogP contribution >= 0.6 is 43.2 Å². The summed E-state index contributed by atoms with van der Waals surface area (Å²) in [5, 5.41) is 5.57. The summed E-state index contributed by atoms with van der Waals surface area (Å²) in [7, 11) is 1.67. The lowest BCUT2D eigenvalue weighted by Gasteiger charge is -2.16. The Morgan fingerprint density at radius 1 is 1.28 bits per heavy atom. The first-order valence-electron chi connectivity index (χ1n) is 5.44. The molecule has 0 saturated carbocycles. The summed E-state index contributed by atoms with van der Waals surface area (Å²) < 4.78 is 7.39. The highest BCUT2D eigenvalue weighted by atomic mass is 79.9. The molecule has 0 fully saturated rings. The number of benzene rings is 1. The van der Waals surface area contributed by atoms with Crippen molar-refractivity contribution in [3.8, 4) is 5.75 Å². The third kappa shape index (κ3) is 3.28. The minimum Gasteiger partial charge on any atom is -0.497 e. The van der Waals surface area contributed by atoms with Crippen molar-refractivity contribution in [2.75, 3.05) is 12.4 Å². The van der Waals surface area contributed by atoms with Gasteiger partial charge in [0, 0.05) is 25.3 Å². The van der Waals surface area contributed by atoms with Crippen LogP contribution in [0.1, 0.15) is 17.8 Å². The van der Waals surface area contributed by atoms with Crippen LogP contribution in [0.25, 0.3) is 0 Å². The van der Waals surface area contributed by atoms with E-state index in [2.05, 4.69) is 55.5 Å². The van der Waals surface area contributed by atoms with E-state index in [1.807, 2.05) is 18.2 Å². The minimum atomic E-state index is 0.254. The van der Waals surface area contributed by atoms with Crippen molar-refractivity contribution in [2.24, 2.45) is 0 Å². The largest absolute Gasteiger partial charge is 0.497 e. The van der Waals surface area contributed by atoms with Crippen molar-refractivity contribution in [2.45, 2.75) is 13.0 Å². The van der Waals surface area contributed by atoms with Crippen LogP contribution in [0.4, 0.5) is 5.69 Å². The number of nitrogens with one attached hydrogen (secondary N) is 1. The van der Waals surface area contributed by atoms with Gasteiger partial charge in [-0.1, -0.05) is 0 Å². The second kappa shape index (κ2) is 6.08. The first kappa shape index (κ1) is 13.9. The molecule has 0 saturated heterocycles. The van der Waals surface area contributed by atoms with Crippen molar-refractivity contribution < 1.29 is 4.74 Å². The topological polar surface area (TPSA) is 21.3 Å². The monoisotopic (exact) mass is 389 g/mol. The van der Waals surface area contributed by atoms with Crippen LogP contribution in [0.15, 0.2) is 38.6 Å². The first-order chi connectivity index (χ1) is 8.60. The number of ether oxygens (including phenoxy) is 1. The van der Waals surface area contributed by atoms with E-state index in [0.717, 1.165) is 20.4 Å². The Morgan fingerprint density at radius 3 is 2.67 bits per heavy atom. The average Bonchev–Trinajstić information content (AvgIpc) is 2.79. The molecule has 5 heteroatoms. The number of anilines is 1. The predicted octanol–water partition coefficient (Wildman–Crippen LogP) is 5.45. The molecule has 0 aliphatic rings. The van der Waals surface area contributed by atoms with E-state index in [1.54, 1.807) is 18.4 Å². The van der Waals surface area contributed by atoms with Gasteiger partial charge in [-0.3, -0.25) is 0 Å². The van der Waals surface area contributed by atoms with Crippen molar-refractivity contribution in [3.05, 3.63) is 43.5 Å². The Morgan fingerprint density at radius 2 is 2.06 bits per heavy atom. The molecule has 1 heterocycles. The van der Waals surface area contributed by atoms with Crippen LogP contribution in [-0.2, 0) is 0 Å². The molecule has 1 aromatic heterocycles. The zero-order chi connectivity index (χ0) is 13.1. The molecular formula is C13H13Br2NOS. The van der Waals surface area contributed by atoms with Crippen LogP contribution in [-0.4, -0.2) is 7.11 Å². The summed E-state index contributed by atoms with van der Waals surface area (Å²) in [6.45, 7) is 2.14. The van der Waals surface area contributed by atoms with E-state index in [0.29, 0.717) is 0 Å². The van der Waals surface area contributed by atoms with E-state index in [-0.39, 0.29) is 6.04 Å². The smallest absolute Gasteiger partial charge is 0.121 e. The second-order valence-electron chi connectivity index (χ2n) is 3.88. The molecule has 2 aromatic rings. The van der Waals surface area contributed by atoms with Crippen LogP contribution in [0, 0.1) is 0 Å². The lowest BCUT2D eigenvalue weighted by molar-refractivity contribution is 0.415. The van der Waals surface area contributed by atoms with E-state index in [1.165, 1.54) is 4.88 Å². The predicted molar refractivity (Wildman–Crippen MR) is 84.8 cm³/mol. The summed E-state index contributed by atoms with van der Waals surface area (Å²) >= 11 is 8.76. The summed E-state index contributed by atoms with van der Waals surface area (Å²) in [6.07, 6.45) is 0. The van der Waals surface area contributed by atoms with Gasteiger partial charge in [0.2, 0.25) is 0 Å². The molecule has 2 rings (SSSR count). The number of halogens is 2. The van der Waals surface area contributed by atoms with Gasteiger partial charge in [0.25, 0.3) is 0 Å². The van der Waals surface area contributed by atoms with Crippen molar-refractivity contribution >= 4 is 48.9 Å². The number of methoxy groups -OCH3 is 1. The molecule has 1 unspecified atom stereocenters. The average molecular weight is 391 g/mol. The summed E-state index contributed by atoms with van der Waals surface area (Å²) in [6, 6.07) is 8.30. The Kier molecular flexibility index (Phi) is 4.70. The van der Waals surface area contributed by atoms with Gasteiger partial charge in [0.15, 0.2) is 0 Å². The standard InChI is InChI=1S/C13H13Br2NOS/c1-8(13-5-9(14)7-18-13)16-12-6-10(17-2)3-4-11(12)15/h3-8,16H,1-2H3. The van der Waals surface area contributed by atoms with Gasteiger partial charge in [-0.25, -0.2) is 0 Å². The van der Waals surface area contributed by atoms with Gasteiger partial charge in [-0.15, -0.1) is 11.3 Å². The molecule has 1 N–H and O–H groups in total. The molecule has 0 bridgehead atoms. The van der Waals surface area contributed by atoms with Crippen LogP contribution in [0.5, 0.6) is 5.75 Å². The van der Waals surface area contributed by atoms with E-state index >= 15 is 0 Å². The normalized spacial score (nSPS) is 12.2.